The maximum absolute atomic E-state index is 13.2. The molecule has 0 aliphatic carbocycles. The minimum atomic E-state index is -0.435. The molecular formula is C21H32N2O2. The summed E-state index contributed by atoms with van der Waals surface area (Å²) in [6.07, 6.45) is 4.06. The van der Waals surface area contributed by atoms with Crippen LogP contribution in [0.2, 0.25) is 0 Å². The number of carbonyl (C=O) groups excluding carboxylic acids is 1. The minimum Gasteiger partial charge on any atom is -0.381 e. The van der Waals surface area contributed by atoms with Gasteiger partial charge in [0.25, 0.3) is 0 Å². The third-order valence-electron chi connectivity index (χ3n) is 6.11. The van der Waals surface area contributed by atoms with E-state index in [0.717, 1.165) is 44.0 Å². The molecule has 1 amide bonds. The molecule has 3 rings (SSSR count). The molecule has 1 atom stereocenters. The first-order valence-electron chi connectivity index (χ1n) is 9.77. The average Bonchev–Trinajstić information content (AvgIpc) is 2.67. The molecule has 0 radical (unpaired) electrons. The van der Waals surface area contributed by atoms with E-state index in [1.165, 1.54) is 12.8 Å². The highest BCUT2D eigenvalue weighted by Gasteiger charge is 2.41. The zero-order chi connectivity index (χ0) is 17.7. The van der Waals surface area contributed by atoms with Crippen LogP contribution in [0.3, 0.4) is 0 Å². The molecule has 1 aromatic carbocycles. The van der Waals surface area contributed by atoms with Crippen molar-refractivity contribution in [3.05, 3.63) is 35.9 Å². The van der Waals surface area contributed by atoms with Crippen molar-refractivity contribution >= 4 is 5.91 Å². The van der Waals surface area contributed by atoms with Crippen molar-refractivity contribution in [2.24, 2.45) is 5.92 Å². The molecule has 138 valence electrons. The molecule has 2 aliphatic heterocycles. The number of carbonyl (C=O) groups is 1. The van der Waals surface area contributed by atoms with Crippen LogP contribution >= 0.6 is 0 Å². The van der Waals surface area contributed by atoms with E-state index in [-0.39, 0.29) is 5.91 Å². The van der Waals surface area contributed by atoms with Crippen LogP contribution in [0.4, 0.5) is 0 Å². The van der Waals surface area contributed by atoms with Crippen LogP contribution in [0.1, 0.15) is 45.1 Å². The second-order valence-electron chi connectivity index (χ2n) is 7.84. The summed E-state index contributed by atoms with van der Waals surface area (Å²) >= 11 is 0. The second-order valence-corrected chi connectivity index (χ2v) is 7.84. The number of nitrogens with zero attached hydrogens (tertiary/aromatic N) is 1. The highest BCUT2D eigenvalue weighted by molar-refractivity contribution is 5.88. The monoisotopic (exact) mass is 344 g/mol. The number of nitrogens with one attached hydrogen (secondary N) is 1. The van der Waals surface area contributed by atoms with E-state index in [1.807, 2.05) is 18.2 Å². The van der Waals surface area contributed by atoms with Crippen LogP contribution in [0, 0.1) is 5.92 Å². The van der Waals surface area contributed by atoms with E-state index in [1.54, 1.807) is 0 Å². The third kappa shape index (κ3) is 4.24. The first kappa shape index (κ1) is 18.4. The van der Waals surface area contributed by atoms with Gasteiger partial charge in [0.2, 0.25) is 5.91 Å². The van der Waals surface area contributed by atoms with Crippen molar-refractivity contribution in [1.29, 1.82) is 0 Å². The number of likely N-dealkylation sites (tertiary alicyclic amines) is 1. The average molecular weight is 344 g/mol. The zero-order valence-corrected chi connectivity index (χ0v) is 15.7. The summed E-state index contributed by atoms with van der Waals surface area (Å²) < 4.78 is 5.54. The van der Waals surface area contributed by atoms with Gasteiger partial charge in [-0.2, -0.15) is 0 Å². The van der Waals surface area contributed by atoms with Crippen LogP contribution in [0.25, 0.3) is 0 Å². The molecule has 0 saturated carbocycles. The van der Waals surface area contributed by atoms with E-state index < -0.39 is 5.41 Å². The quantitative estimate of drug-likeness (QED) is 0.893. The van der Waals surface area contributed by atoms with Crippen LogP contribution < -0.4 is 5.32 Å². The molecule has 2 aliphatic rings. The fourth-order valence-corrected chi connectivity index (χ4v) is 4.13. The molecule has 1 unspecified atom stereocenters. The van der Waals surface area contributed by atoms with Crippen molar-refractivity contribution < 1.29 is 9.53 Å². The second kappa shape index (κ2) is 8.33. The largest absolute Gasteiger partial charge is 0.381 e. The Balaban J connectivity index is 1.63. The number of rotatable bonds is 5. The standard InChI is InChI=1S/C21H32N2O2/c1-17-8-12-23(13-9-17)18(2)16-22-20(24)21(10-14-25-15-11-21)19-6-4-3-5-7-19/h3-7,17-18H,8-16H2,1-2H3,(H,22,24). The van der Waals surface area contributed by atoms with Gasteiger partial charge in [0.05, 0.1) is 5.41 Å². The normalized spacial score (nSPS) is 23.1. The smallest absolute Gasteiger partial charge is 0.230 e. The number of ether oxygens (including phenoxy) is 1. The predicted molar refractivity (Wildman–Crippen MR) is 101 cm³/mol. The van der Waals surface area contributed by atoms with Gasteiger partial charge in [-0.05, 0) is 57.2 Å². The van der Waals surface area contributed by atoms with Crippen molar-refractivity contribution in [1.82, 2.24) is 10.2 Å². The summed E-state index contributed by atoms with van der Waals surface area (Å²) in [7, 11) is 0. The Bertz CT molecular complexity index is 546. The molecule has 2 saturated heterocycles. The fraction of sp³-hybridized carbons (Fsp3) is 0.667. The summed E-state index contributed by atoms with van der Waals surface area (Å²) in [4.78, 5) is 15.7. The van der Waals surface area contributed by atoms with Crippen molar-refractivity contribution in [3.63, 3.8) is 0 Å². The Labute approximate surface area is 151 Å². The Hall–Kier alpha value is -1.39. The summed E-state index contributed by atoms with van der Waals surface area (Å²) in [6, 6.07) is 10.6. The molecule has 2 fully saturated rings. The fourth-order valence-electron chi connectivity index (χ4n) is 4.13. The predicted octanol–water partition coefficient (Wildman–Crippen LogP) is 2.97. The van der Waals surface area contributed by atoms with E-state index in [4.69, 9.17) is 4.74 Å². The third-order valence-corrected chi connectivity index (χ3v) is 6.11. The van der Waals surface area contributed by atoms with Crippen molar-refractivity contribution in [2.75, 3.05) is 32.8 Å². The van der Waals surface area contributed by atoms with Gasteiger partial charge in [-0.15, -0.1) is 0 Å². The van der Waals surface area contributed by atoms with Gasteiger partial charge < -0.3 is 10.1 Å². The van der Waals surface area contributed by atoms with Crippen LogP contribution in [0.15, 0.2) is 30.3 Å². The Morgan fingerprint density at radius 1 is 1.24 bits per heavy atom. The lowest BCUT2D eigenvalue weighted by molar-refractivity contribution is -0.130. The summed E-state index contributed by atoms with van der Waals surface area (Å²) in [5.41, 5.74) is 0.686. The van der Waals surface area contributed by atoms with Crippen LogP contribution in [-0.2, 0) is 14.9 Å². The molecule has 4 heteroatoms. The number of amides is 1. The van der Waals surface area contributed by atoms with Crippen molar-refractivity contribution in [3.8, 4) is 0 Å². The summed E-state index contributed by atoms with van der Waals surface area (Å²) in [6.45, 7) is 8.89. The van der Waals surface area contributed by atoms with Crippen LogP contribution in [-0.4, -0.2) is 49.7 Å². The SMILES string of the molecule is CC1CCN(C(C)CNC(=O)C2(c3ccccc3)CCOCC2)CC1. The minimum absolute atomic E-state index is 0.166. The van der Waals surface area contributed by atoms with E-state index in [9.17, 15) is 4.79 Å². The highest BCUT2D eigenvalue weighted by Crippen LogP contribution is 2.35. The lowest BCUT2D eigenvalue weighted by Crippen LogP contribution is -2.52. The Kier molecular flexibility index (Phi) is 6.13. The molecule has 25 heavy (non-hydrogen) atoms. The van der Waals surface area contributed by atoms with Gasteiger partial charge in [-0.3, -0.25) is 9.69 Å². The first-order valence-corrected chi connectivity index (χ1v) is 9.77. The van der Waals surface area contributed by atoms with Gasteiger partial charge in [0.1, 0.15) is 0 Å². The molecule has 1 N–H and O–H groups in total. The first-order chi connectivity index (χ1) is 12.1. The van der Waals surface area contributed by atoms with Gasteiger partial charge in [-0.25, -0.2) is 0 Å². The Morgan fingerprint density at radius 3 is 2.52 bits per heavy atom. The van der Waals surface area contributed by atoms with E-state index >= 15 is 0 Å². The molecule has 0 spiro atoms. The van der Waals surface area contributed by atoms with Gasteiger partial charge >= 0.3 is 0 Å². The highest BCUT2D eigenvalue weighted by atomic mass is 16.5. The molecular weight excluding hydrogens is 312 g/mol. The number of hydrogen-bond acceptors (Lipinski definition) is 3. The summed E-state index contributed by atoms with van der Waals surface area (Å²) in [5, 5.41) is 3.26. The van der Waals surface area contributed by atoms with E-state index in [2.05, 4.69) is 36.2 Å². The molecule has 0 aromatic heterocycles. The Morgan fingerprint density at radius 2 is 1.88 bits per heavy atom. The lowest BCUT2D eigenvalue weighted by Gasteiger charge is -2.38. The molecule has 0 bridgehead atoms. The van der Waals surface area contributed by atoms with Crippen molar-refractivity contribution in [2.45, 2.75) is 51.0 Å². The number of hydrogen-bond donors (Lipinski definition) is 1. The molecule has 2 heterocycles. The van der Waals surface area contributed by atoms with Gasteiger partial charge in [-0.1, -0.05) is 37.3 Å². The van der Waals surface area contributed by atoms with Gasteiger partial charge in [0.15, 0.2) is 0 Å². The lowest BCUT2D eigenvalue weighted by atomic mass is 9.73. The number of benzene rings is 1. The zero-order valence-electron chi connectivity index (χ0n) is 15.7. The summed E-state index contributed by atoms with van der Waals surface area (Å²) in [5.74, 6) is 1.00. The topological polar surface area (TPSA) is 41.6 Å². The van der Waals surface area contributed by atoms with E-state index in [0.29, 0.717) is 19.3 Å². The van der Waals surface area contributed by atoms with Gasteiger partial charge in [0, 0.05) is 25.8 Å². The maximum Gasteiger partial charge on any atom is 0.230 e. The van der Waals surface area contributed by atoms with Crippen LogP contribution in [0.5, 0.6) is 0 Å². The number of piperidine rings is 1. The molecule has 4 nitrogen and oxygen atoms in total. The maximum atomic E-state index is 13.2. The molecule has 1 aromatic rings.